The van der Waals surface area contributed by atoms with E-state index in [1.165, 1.54) is 0 Å². The first-order valence-electron chi connectivity index (χ1n) is 6.16. The highest BCUT2D eigenvalue weighted by molar-refractivity contribution is 6.36. The van der Waals surface area contributed by atoms with Crippen LogP contribution in [0.15, 0.2) is 24.5 Å². The van der Waals surface area contributed by atoms with Gasteiger partial charge in [-0.1, -0.05) is 28.4 Å². The number of aromatic nitrogens is 3. The van der Waals surface area contributed by atoms with Crippen LogP contribution in [0, 0.1) is 6.92 Å². The van der Waals surface area contributed by atoms with E-state index in [1.807, 2.05) is 6.92 Å². The van der Waals surface area contributed by atoms with E-state index in [1.54, 1.807) is 29.2 Å². The highest BCUT2D eigenvalue weighted by Gasteiger charge is 2.10. The highest BCUT2D eigenvalue weighted by atomic mass is 35.5. The van der Waals surface area contributed by atoms with Crippen LogP contribution in [0.2, 0.25) is 10.0 Å². The Balaban J connectivity index is 1.86. The summed E-state index contributed by atoms with van der Waals surface area (Å²) in [7, 11) is 0. The van der Waals surface area contributed by atoms with Gasteiger partial charge in [-0.25, -0.2) is 0 Å². The molecule has 7 heteroatoms. The zero-order valence-electron chi connectivity index (χ0n) is 10.9. The number of nitrogens with zero attached hydrogens (tertiary/aromatic N) is 3. The molecule has 106 valence electrons. The number of hydrogen-bond donors (Lipinski definition) is 1. The first-order chi connectivity index (χ1) is 9.58. The van der Waals surface area contributed by atoms with Crippen LogP contribution in [0.5, 0.6) is 0 Å². The molecule has 2 rings (SSSR count). The molecule has 1 heterocycles. The van der Waals surface area contributed by atoms with Gasteiger partial charge >= 0.3 is 0 Å². The van der Waals surface area contributed by atoms with Crippen LogP contribution in [-0.2, 0) is 6.54 Å². The van der Waals surface area contributed by atoms with Gasteiger partial charge in [-0.15, -0.1) is 5.10 Å². The minimum absolute atomic E-state index is 0.188. The third-order valence-electron chi connectivity index (χ3n) is 2.86. The van der Waals surface area contributed by atoms with E-state index in [9.17, 15) is 4.79 Å². The molecule has 1 N–H and O–H groups in total. The van der Waals surface area contributed by atoms with Gasteiger partial charge in [-0.05, 0) is 31.0 Å². The average Bonchev–Trinajstić information content (AvgIpc) is 2.93. The SMILES string of the molecule is Cc1c(Cl)cc(C(=O)NCCCn2ccnn2)cc1Cl. The molecule has 0 aliphatic heterocycles. The van der Waals surface area contributed by atoms with Gasteiger partial charge in [0.05, 0.1) is 6.20 Å². The highest BCUT2D eigenvalue weighted by Crippen LogP contribution is 2.25. The largest absolute Gasteiger partial charge is 0.352 e. The molecular weight excluding hydrogens is 299 g/mol. The number of halogens is 2. The molecule has 0 bridgehead atoms. The third kappa shape index (κ3) is 3.71. The Morgan fingerprint density at radius 3 is 2.65 bits per heavy atom. The molecule has 0 atom stereocenters. The maximum atomic E-state index is 12.0. The molecule has 1 amide bonds. The maximum absolute atomic E-state index is 12.0. The normalized spacial score (nSPS) is 10.6. The molecule has 0 saturated heterocycles. The van der Waals surface area contributed by atoms with Crippen LogP contribution in [0.3, 0.4) is 0 Å². The second kappa shape index (κ2) is 6.72. The van der Waals surface area contributed by atoms with Crippen LogP contribution in [0.1, 0.15) is 22.3 Å². The molecule has 5 nitrogen and oxygen atoms in total. The number of carbonyl (C=O) groups excluding carboxylic acids is 1. The van der Waals surface area contributed by atoms with Crippen molar-refractivity contribution in [1.29, 1.82) is 0 Å². The second-order valence-corrected chi connectivity index (χ2v) is 5.15. The van der Waals surface area contributed by atoms with E-state index in [0.717, 1.165) is 12.0 Å². The lowest BCUT2D eigenvalue weighted by Crippen LogP contribution is -2.25. The number of benzene rings is 1. The van der Waals surface area contributed by atoms with Gasteiger partial charge in [0.2, 0.25) is 0 Å². The fourth-order valence-electron chi connectivity index (χ4n) is 1.67. The molecule has 20 heavy (non-hydrogen) atoms. The lowest BCUT2D eigenvalue weighted by Gasteiger charge is -2.08. The van der Waals surface area contributed by atoms with E-state index in [2.05, 4.69) is 15.6 Å². The van der Waals surface area contributed by atoms with Crippen molar-refractivity contribution in [2.24, 2.45) is 0 Å². The average molecular weight is 313 g/mol. The van der Waals surface area contributed by atoms with Gasteiger partial charge in [-0.3, -0.25) is 9.48 Å². The smallest absolute Gasteiger partial charge is 0.251 e. The Bertz CT molecular complexity index is 575. The molecule has 0 aliphatic rings. The summed E-state index contributed by atoms with van der Waals surface area (Å²) in [6.07, 6.45) is 4.17. The van der Waals surface area contributed by atoms with E-state index >= 15 is 0 Å². The fourth-order valence-corrected chi connectivity index (χ4v) is 2.16. The van der Waals surface area contributed by atoms with Crippen LogP contribution < -0.4 is 5.32 Å². The summed E-state index contributed by atoms with van der Waals surface area (Å²) in [6.45, 7) is 3.06. The Kier molecular flexibility index (Phi) is 4.98. The van der Waals surface area contributed by atoms with Crippen molar-refractivity contribution in [2.75, 3.05) is 6.54 Å². The molecule has 0 unspecified atom stereocenters. The van der Waals surface area contributed by atoms with Gasteiger partial charge in [0, 0.05) is 34.9 Å². The first-order valence-corrected chi connectivity index (χ1v) is 6.91. The number of amides is 1. The minimum Gasteiger partial charge on any atom is -0.352 e. The lowest BCUT2D eigenvalue weighted by atomic mass is 10.1. The Labute approximate surface area is 126 Å². The molecule has 1 aromatic carbocycles. The third-order valence-corrected chi connectivity index (χ3v) is 3.65. The van der Waals surface area contributed by atoms with Crippen molar-refractivity contribution >= 4 is 29.1 Å². The maximum Gasteiger partial charge on any atom is 0.251 e. The summed E-state index contributed by atoms with van der Waals surface area (Å²) in [4.78, 5) is 12.0. The molecule has 0 spiro atoms. The summed E-state index contributed by atoms with van der Waals surface area (Å²) >= 11 is 12.0. The lowest BCUT2D eigenvalue weighted by molar-refractivity contribution is 0.0952. The van der Waals surface area contributed by atoms with Crippen molar-refractivity contribution in [3.63, 3.8) is 0 Å². The van der Waals surface area contributed by atoms with Crippen molar-refractivity contribution in [2.45, 2.75) is 19.9 Å². The number of hydrogen-bond acceptors (Lipinski definition) is 3. The van der Waals surface area contributed by atoms with E-state index in [4.69, 9.17) is 23.2 Å². The number of nitrogens with one attached hydrogen (secondary N) is 1. The summed E-state index contributed by atoms with van der Waals surface area (Å²) < 4.78 is 1.71. The summed E-state index contributed by atoms with van der Waals surface area (Å²) in [6, 6.07) is 3.24. The first kappa shape index (κ1) is 14.8. The molecule has 0 radical (unpaired) electrons. The van der Waals surface area contributed by atoms with Crippen LogP contribution >= 0.6 is 23.2 Å². The van der Waals surface area contributed by atoms with Crippen molar-refractivity contribution in [3.05, 3.63) is 45.7 Å². The van der Waals surface area contributed by atoms with Crippen LogP contribution in [0.25, 0.3) is 0 Å². The topological polar surface area (TPSA) is 59.8 Å². The standard InChI is InChI=1S/C13H14Cl2N4O/c1-9-11(14)7-10(8-12(9)15)13(20)16-3-2-5-19-6-4-17-18-19/h4,6-8H,2-3,5H2,1H3,(H,16,20). The molecule has 0 fully saturated rings. The van der Waals surface area contributed by atoms with Gasteiger partial charge in [-0.2, -0.15) is 0 Å². The van der Waals surface area contributed by atoms with E-state index in [-0.39, 0.29) is 5.91 Å². The van der Waals surface area contributed by atoms with Crippen LogP contribution in [0.4, 0.5) is 0 Å². The molecule has 2 aromatic rings. The van der Waals surface area contributed by atoms with Crippen molar-refractivity contribution in [3.8, 4) is 0 Å². The number of rotatable bonds is 5. The van der Waals surface area contributed by atoms with Crippen molar-refractivity contribution < 1.29 is 4.79 Å². The molecular formula is C13H14Cl2N4O. The summed E-state index contributed by atoms with van der Waals surface area (Å²) in [5.41, 5.74) is 1.24. The predicted molar refractivity (Wildman–Crippen MR) is 78.2 cm³/mol. The zero-order valence-corrected chi connectivity index (χ0v) is 12.4. The minimum atomic E-state index is -0.188. The Morgan fingerprint density at radius 2 is 2.05 bits per heavy atom. The van der Waals surface area contributed by atoms with Crippen molar-refractivity contribution in [1.82, 2.24) is 20.3 Å². The van der Waals surface area contributed by atoms with Gasteiger partial charge in [0.15, 0.2) is 0 Å². The zero-order chi connectivity index (χ0) is 14.5. The fraction of sp³-hybridized carbons (Fsp3) is 0.308. The van der Waals surface area contributed by atoms with Gasteiger partial charge < -0.3 is 5.32 Å². The second-order valence-electron chi connectivity index (χ2n) is 4.34. The quantitative estimate of drug-likeness (QED) is 0.864. The van der Waals surface area contributed by atoms with Crippen LogP contribution in [-0.4, -0.2) is 27.4 Å². The monoisotopic (exact) mass is 312 g/mol. The summed E-state index contributed by atoms with van der Waals surface area (Å²) in [5, 5.41) is 11.4. The molecule has 1 aromatic heterocycles. The molecule has 0 aliphatic carbocycles. The summed E-state index contributed by atoms with van der Waals surface area (Å²) in [5.74, 6) is -0.188. The Hall–Kier alpha value is -1.59. The van der Waals surface area contributed by atoms with Gasteiger partial charge in [0.25, 0.3) is 5.91 Å². The molecule has 0 saturated carbocycles. The number of carbonyl (C=O) groups is 1. The predicted octanol–water partition coefficient (Wildman–Crippen LogP) is 2.71. The number of aryl methyl sites for hydroxylation is 1. The van der Waals surface area contributed by atoms with Gasteiger partial charge in [0.1, 0.15) is 0 Å². The Morgan fingerprint density at radius 1 is 1.35 bits per heavy atom. The van der Waals surface area contributed by atoms with E-state index in [0.29, 0.717) is 28.7 Å². The van der Waals surface area contributed by atoms with E-state index < -0.39 is 0 Å².